The number of piperidine rings is 1. The number of hydrogen-bond acceptors (Lipinski definition) is 5. The molecule has 1 unspecified atom stereocenters. The number of carbonyl (C=O) groups excluding carboxylic acids is 2. The average Bonchev–Trinajstić information content (AvgIpc) is 2.87. The summed E-state index contributed by atoms with van der Waals surface area (Å²) < 4.78 is 5.48. The highest BCUT2D eigenvalue weighted by Gasteiger charge is 2.20. The second-order valence-electron chi connectivity index (χ2n) is 10.7. The number of benzene rings is 1. The Morgan fingerprint density at radius 1 is 1.14 bits per heavy atom. The number of aryl methyl sites for hydroxylation is 3. The van der Waals surface area contributed by atoms with Crippen LogP contribution in [-0.2, 0) is 14.3 Å². The summed E-state index contributed by atoms with van der Waals surface area (Å²) in [5, 5.41) is 9.33. The molecule has 3 rings (SSSR count). The lowest BCUT2D eigenvalue weighted by molar-refractivity contribution is -0.134. The lowest BCUT2D eigenvalue weighted by Crippen LogP contribution is -2.41. The summed E-state index contributed by atoms with van der Waals surface area (Å²) in [5.41, 5.74) is 3.11. The van der Waals surface area contributed by atoms with Crippen LogP contribution < -0.4 is 0 Å². The molecule has 1 atom stereocenters. The molecule has 1 N–H and O–H groups in total. The number of phenolic OH excluding ortho intramolecular Hbond substituents is 1. The summed E-state index contributed by atoms with van der Waals surface area (Å²) in [6.45, 7) is 21.4. The summed E-state index contributed by atoms with van der Waals surface area (Å²) in [6, 6.07) is 4.58. The van der Waals surface area contributed by atoms with Gasteiger partial charge < -0.3 is 19.5 Å². The van der Waals surface area contributed by atoms with Gasteiger partial charge >= 0.3 is 0 Å². The summed E-state index contributed by atoms with van der Waals surface area (Å²) in [6.07, 6.45) is 8.69. The number of phenols is 1. The molecule has 2 aliphatic heterocycles. The van der Waals surface area contributed by atoms with Crippen molar-refractivity contribution in [3.63, 3.8) is 0 Å². The zero-order valence-corrected chi connectivity index (χ0v) is 24.4. The van der Waals surface area contributed by atoms with Crippen LogP contribution in [0.3, 0.4) is 0 Å². The van der Waals surface area contributed by atoms with E-state index in [4.69, 9.17) is 4.74 Å². The number of ether oxygens (including phenoxy) is 1. The van der Waals surface area contributed by atoms with Gasteiger partial charge in [-0.05, 0) is 83.4 Å². The van der Waals surface area contributed by atoms with E-state index in [-0.39, 0.29) is 11.7 Å². The maximum atomic E-state index is 11.6. The number of aromatic hydroxyl groups is 1. The van der Waals surface area contributed by atoms with Crippen molar-refractivity contribution in [2.45, 2.75) is 92.5 Å². The number of ketones is 1. The van der Waals surface area contributed by atoms with Crippen molar-refractivity contribution in [1.82, 2.24) is 9.80 Å². The highest BCUT2D eigenvalue weighted by Crippen LogP contribution is 2.22. The zero-order valence-electron chi connectivity index (χ0n) is 24.4. The van der Waals surface area contributed by atoms with Gasteiger partial charge in [-0.3, -0.25) is 9.69 Å². The number of hydrogen-bond donors (Lipinski definition) is 1. The van der Waals surface area contributed by atoms with E-state index in [1.54, 1.807) is 0 Å². The Balaban J connectivity index is 0.000000281. The van der Waals surface area contributed by atoms with E-state index < -0.39 is 0 Å². The van der Waals surface area contributed by atoms with Crippen molar-refractivity contribution in [3.05, 3.63) is 41.5 Å². The Morgan fingerprint density at radius 2 is 1.76 bits per heavy atom. The second-order valence-corrected chi connectivity index (χ2v) is 10.7. The Hall–Kier alpha value is -2.18. The molecule has 1 amide bonds. The molecule has 2 fully saturated rings. The molecule has 0 spiro atoms. The van der Waals surface area contributed by atoms with Gasteiger partial charge in [0.2, 0.25) is 5.91 Å². The van der Waals surface area contributed by atoms with E-state index >= 15 is 0 Å². The van der Waals surface area contributed by atoms with Crippen LogP contribution in [0.1, 0.15) is 82.4 Å². The molecule has 0 radical (unpaired) electrons. The molecule has 0 bridgehead atoms. The normalized spacial score (nSPS) is 17.8. The minimum Gasteiger partial charge on any atom is -0.507 e. The van der Waals surface area contributed by atoms with E-state index in [2.05, 4.69) is 25.3 Å². The van der Waals surface area contributed by atoms with Crippen molar-refractivity contribution in [1.29, 1.82) is 0 Å². The lowest BCUT2D eigenvalue weighted by atomic mass is 9.99. The van der Waals surface area contributed by atoms with E-state index in [0.29, 0.717) is 24.6 Å². The molecule has 210 valence electrons. The van der Waals surface area contributed by atoms with Gasteiger partial charge in [-0.15, -0.1) is 6.58 Å². The van der Waals surface area contributed by atoms with Crippen LogP contribution in [0.2, 0.25) is 0 Å². The number of Topliss-reactive ketones (excluding diaryl/α,β-unsaturated/α-hetero) is 1. The molecule has 2 saturated heterocycles. The van der Waals surface area contributed by atoms with E-state index in [0.717, 1.165) is 62.7 Å². The van der Waals surface area contributed by atoms with Crippen molar-refractivity contribution in [2.24, 2.45) is 5.92 Å². The Bertz CT molecular complexity index is 801. The van der Waals surface area contributed by atoms with Crippen LogP contribution >= 0.6 is 0 Å². The molecule has 2 aliphatic rings. The Labute approximate surface area is 226 Å². The third-order valence-corrected chi connectivity index (χ3v) is 6.99. The van der Waals surface area contributed by atoms with E-state index in [1.165, 1.54) is 38.3 Å². The van der Waals surface area contributed by atoms with Gasteiger partial charge in [-0.25, -0.2) is 0 Å². The van der Waals surface area contributed by atoms with Crippen LogP contribution in [0.4, 0.5) is 0 Å². The Kier molecular flexibility index (Phi) is 16.1. The fraction of sp³-hybridized carbons (Fsp3) is 0.677. The van der Waals surface area contributed by atoms with Crippen molar-refractivity contribution < 1.29 is 19.4 Å². The first kappa shape index (κ1) is 32.8. The predicted molar refractivity (Wildman–Crippen MR) is 153 cm³/mol. The van der Waals surface area contributed by atoms with Gasteiger partial charge in [-0.2, -0.15) is 0 Å². The summed E-state index contributed by atoms with van der Waals surface area (Å²) in [4.78, 5) is 26.7. The van der Waals surface area contributed by atoms with Crippen LogP contribution in [0.15, 0.2) is 24.8 Å². The van der Waals surface area contributed by atoms with Crippen LogP contribution in [0.5, 0.6) is 5.75 Å². The smallest absolute Gasteiger partial charge is 0.223 e. The number of carbonyl (C=O) groups is 2. The van der Waals surface area contributed by atoms with Gasteiger partial charge in [0.15, 0.2) is 0 Å². The number of amides is 1. The molecule has 0 saturated carbocycles. The summed E-state index contributed by atoms with van der Waals surface area (Å²) in [7, 11) is 0. The summed E-state index contributed by atoms with van der Waals surface area (Å²) >= 11 is 0. The fourth-order valence-corrected chi connectivity index (χ4v) is 4.76. The van der Waals surface area contributed by atoms with Crippen LogP contribution in [-0.4, -0.2) is 72.0 Å². The average molecular weight is 517 g/mol. The molecule has 6 nitrogen and oxygen atoms in total. The molecular weight excluding hydrogens is 464 g/mol. The van der Waals surface area contributed by atoms with E-state index in [9.17, 15) is 14.7 Å². The van der Waals surface area contributed by atoms with Crippen molar-refractivity contribution in [2.75, 3.05) is 39.4 Å². The number of likely N-dealkylation sites (tertiary alicyclic amines) is 1. The Morgan fingerprint density at radius 3 is 2.24 bits per heavy atom. The van der Waals surface area contributed by atoms with E-state index in [1.807, 2.05) is 43.9 Å². The molecule has 37 heavy (non-hydrogen) atoms. The van der Waals surface area contributed by atoms with Crippen LogP contribution in [0.25, 0.3) is 0 Å². The third-order valence-electron chi connectivity index (χ3n) is 6.99. The van der Waals surface area contributed by atoms with Gasteiger partial charge in [0.1, 0.15) is 11.5 Å². The first-order valence-electron chi connectivity index (χ1n) is 14.1. The first-order chi connectivity index (χ1) is 17.6. The lowest BCUT2D eigenvalue weighted by Gasteiger charge is -2.33. The minimum atomic E-state index is 0.101. The van der Waals surface area contributed by atoms with Gasteiger partial charge in [0.25, 0.3) is 0 Å². The van der Waals surface area contributed by atoms with Gasteiger partial charge in [0.05, 0.1) is 6.61 Å². The molecular formula is C31H52N2O4. The highest BCUT2D eigenvalue weighted by atomic mass is 16.5. The third kappa shape index (κ3) is 13.3. The van der Waals surface area contributed by atoms with Crippen LogP contribution in [0, 0.1) is 26.7 Å². The number of rotatable bonds is 8. The quantitative estimate of drug-likeness (QED) is 0.430. The second kappa shape index (κ2) is 18.1. The number of nitrogens with zero attached hydrogens (tertiary/aromatic N) is 2. The predicted octanol–water partition coefficient (Wildman–Crippen LogP) is 5.99. The largest absolute Gasteiger partial charge is 0.507 e. The summed E-state index contributed by atoms with van der Waals surface area (Å²) in [5.74, 6) is 1.41. The maximum Gasteiger partial charge on any atom is 0.223 e. The maximum absolute atomic E-state index is 11.6. The fourth-order valence-electron chi connectivity index (χ4n) is 4.76. The SMILES string of the molecule is C=CCN(CCC)C1CCCOC1.CC(=O)CCC(=O)N1CCC(C)CC1.Cc1cc(C)c(O)c(C)c1. The standard InChI is InChI=1S/C11H19NO2.C11H21NO.C9H12O/c1-9-5-7-12(8-6-9)11(14)4-3-10(2)13;1-3-7-12(8-4-2)11-6-5-9-13-10-11;1-6-4-7(2)9(10)8(3)5-6/h9H,3-8H2,1-2H3;3,11H,1,4-10H2,2H3;4-5,10H,1-3H3. The molecule has 0 aliphatic carbocycles. The zero-order chi connectivity index (χ0) is 27.8. The van der Waals surface area contributed by atoms with Gasteiger partial charge in [0, 0.05) is 45.1 Å². The monoisotopic (exact) mass is 516 g/mol. The van der Waals surface area contributed by atoms with Crippen molar-refractivity contribution in [3.8, 4) is 5.75 Å². The van der Waals surface area contributed by atoms with Gasteiger partial charge in [-0.1, -0.05) is 37.6 Å². The molecule has 2 heterocycles. The van der Waals surface area contributed by atoms with Crippen molar-refractivity contribution >= 4 is 11.7 Å². The highest BCUT2D eigenvalue weighted by molar-refractivity contribution is 5.83. The molecule has 6 heteroatoms. The minimum absolute atomic E-state index is 0.101. The molecule has 1 aromatic rings. The molecule has 1 aromatic carbocycles. The first-order valence-corrected chi connectivity index (χ1v) is 14.1. The molecule has 0 aromatic heterocycles. The topological polar surface area (TPSA) is 70.1 Å².